The van der Waals surface area contributed by atoms with E-state index in [1.807, 2.05) is 24.3 Å². The Kier molecular flexibility index (Phi) is 4.82. The van der Waals surface area contributed by atoms with Crippen molar-refractivity contribution >= 4 is 16.8 Å². The van der Waals surface area contributed by atoms with Gasteiger partial charge in [0, 0.05) is 5.92 Å². The van der Waals surface area contributed by atoms with Gasteiger partial charge in [-0.3, -0.25) is 4.79 Å². The van der Waals surface area contributed by atoms with E-state index in [2.05, 4.69) is 31.0 Å². The molecular formula is C28H39N3O. The van der Waals surface area contributed by atoms with Crippen molar-refractivity contribution in [3.63, 3.8) is 0 Å². The van der Waals surface area contributed by atoms with Gasteiger partial charge in [0.2, 0.25) is 0 Å². The molecule has 4 aliphatic carbocycles. The Morgan fingerprint density at radius 1 is 0.938 bits per heavy atom. The van der Waals surface area contributed by atoms with E-state index in [1.165, 1.54) is 51.4 Å². The van der Waals surface area contributed by atoms with Gasteiger partial charge in [0.15, 0.2) is 5.78 Å². The maximum absolute atomic E-state index is 13.5. The van der Waals surface area contributed by atoms with Gasteiger partial charge in [-0.25, -0.2) is 0 Å². The normalized spacial score (nSPS) is 43.5. The van der Waals surface area contributed by atoms with Crippen LogP contribution in [-0.4, -0.2) is 20.8 Å². The first kappa shape index (κ1) is 20.9. The Bertz CT molecular complexity index is 996. The summed E-state index contributed by atoms with van der Waals surface area (Å²) in [6, 6.07) is 7.90. The largest absolute Gasteiger partial charge is 0.297 e. The molecule has 32 heavy (non-hydrogen) atoms. The SMILES string of the molecule is C[C@H]1CCC2(C)C(CCC3C2CCC2(C)C(C(=O)Cn4nc5ccccc5n4)CCC32)C1. The predicted octanol–water partition coefficient (Wildman–Crippen LogP) is 6.30. The quantitative estimate of drug-likeness (QED) is 0.571. The first-order valence-electron chi connectivity index (χ1n) is 13.2. The van der Waals surface area contributed by atoms with Gasteiger partial charge >= 0.3 is 0 Å². The molecule has 0 radical (unpaired) electrons. The summed E-state index contributed by atoms with van der Waals surface area (Å²) >= 11 is 0. The van der Waals surface area contributed by atoms with Gasteiger partial charge in [-0.1, -0.05) is 39.3 Å². The fourth-order valence-electron chi connectivity index (χ4n) is 9.23. The lowest BCUT2D eigenvalue weighted by atomic mass is 9.44. The number of fused-ring (bicyclic) bond motifs is 6. The first-order chi connectivity index (χ1) is 15.4. The molecule has 4 heteroatoms. The molecule has 1 aromatic heterocycles. The number of rotatable bonds is 3. The summed E-state index contributed by atoms with van der Waals surface area (Å²) in [5, 5.41) is 9.12. The predicted molar refractivity (Wildman–Crippen MR) is 127 cm³/mol. The Morgan fingerprint density at radius 2 is 1.62 bits per heavy atom. The molecule has 4 saturated carbocycles. The number of ketones is 1. The van der Waals surface area contributed by atoms with E-state index in [-0.39, 0.29) is 11.3 Å². The standard InChI is InChI=1S/C28H39N3O/c1-18-12-14-27(2)19(16-18)8-9-20-21-10-11-23(28(21,3)15-13-22(20)27)26(32)17-31-29-24-6-4-5-7-25(24)30-31/h4-7,18-23H,8-17H2,1-3H3/t18-,19?,20?,21?,22?,23?,27?,28?/m0/s1. The zero-order chi connectivity index (χ0) is 22.1. The van der Waals surface area contributed by atoms with Gasteiger partial charge in [-0.05, 0) is 104 Å². The lowest BCUT2D eigenvalue weighted by Crippen LogP contribution is -2.53. The van der Waals surface area contributed by atoms with E-state index < -0.39 is 0 Å². The average molecular weight is 434 g/mol. The Labute approximate surface area is 192 Å². The second-order valence-electron chi connectivity index (χ2n) is 12.4. The van der Waals surface area contributed by atoms with E-state index >= 15 is 0 Å². The third-order valence-electron chi connectivity index (χ3n) is 10.9. The molecule has 0 spiro atoms. The molecule has 6 rings (SSSR count). The van der Waals surface area contributed by atoms with Gasteiger partial charge in [-0.2, -0.15) is 15.0 Å². The van der Waals surface area contributed by atoms with Crippen molar-refractivity contribution in [3.05, 3.63) is 24.3 Å². The summed E-state index contributed by atoms with van der Waals surface area (Å²) in [6.45, 7) is 7.91. The highest BCUT2D eigenvalue weighted by Gasteiger charge is 2.60. The fourth-order valence-corrected chi connectivity index (χ4v) is 9.23. The van der Waals surface area contributed by atoms with E-state index in [4.69, 9.17) is 0 Å². The van der Waals surface area contributed by atoms with Crippen LogP contribution in [0.5, 0.6) is 0 Å². The van der Waals surface area contributed by atoms with Crippen molar-refractivity contribution in [1.82, 2.24) is 15.0 Å². The molecule has 0 bridgehead atoms. The maximum Gasteiger partial charge on any atom is 0.159 e. The third kappa shape index (κ3) is 3.04. The number of nitrogens with zero attached hydrogens (tertiary/aromatic N) is 3. The average Bonchev–Trinajstić information content (AvgIpc) is 3.34. The summed E-state index contributed by atoms with van der Waals surface area (Å²) in [6.07, 6.45) is 12.0. The van der Waals surface area contributed by atoms with Crippen molar-refractivity contribution in [2.45, 2.75) is 85.1 Å². The second-order valence-corrected chi connectivity index (χ2v) is 12.4. The zero-order valence-corrected chi connectivity index (χ0v) is 20.1. The molecule has 4 nitrogen and oxygen atoms in total. The van der Waals surface area contributed by atoms with E-state index in [0.717, 1.165) is 47.0 Å². The first-order valence-corrected chi connectivity index (χ1v) is 13.2. The molecule has 0 aliphatic heterocycles. The van der Waals surface area contributed by atoms with Crippen LogP contribution in [0, 0.1) is 46.3 Å². The van der Waals surface area contributed by atoms with Crippen molar-refractivity contribution < 1.29 is 4.79 Å². The lowest BCUT2D eigenvalue weighted by Gasteiger charge is -2.61. The van der Waals surface area contributed by atoms with Gasteiger partial charge in [0.1, 0.15) is 17.6 Å². The summed E-state index contributed by atoms with van der Waals surface area (Å²) in [5.74, 6) is 4.86. The lowest BCUT2D eigenvalue weighted by molar-refractivity contribution is -0.137. The van der Waals surface area contributed by atoms with Crippen molar-refractivity contribution in [2.24, 2.45) is 46.3 Å². The molecule has 172 valence electrons. The van der Waals surface area contributed by atoms with Crippen LogP contribution in [0.3, 0.4) is 0 Å². The van der Waals surface area contributed by atoms with Crippen LogP contribution in [0.15, 0.2) is 24.3 Å². The van der Waals surface area contributed by atoms with Crippen molar-refractivity contribution in [3.8, 4) is 0 Å². The Morgan fingerprint density at radius 3 is 2.38 bits per heavy atom. The topological polar surface area (TPSA) is 47.8 Å². The number of carbonyl (C=O) groups excluding carboxylic acids is 1. The fraction of sp³-hybridized carbons (Fsp3) is 0.750. The van der Waals surface area contributed by atoms with E-state index in [0.29, 0.717) is 17.7 Å². The molecule has 0 amide bonds. The minimum Gasteiger partial charge on any atom is -0.297 e. The smallest absolute Gasteiger partial charge is 0.159 e. The van der Waals surface area contributed by atoms with Gasteiger partial charge < -0.3 is 0 Å². The van der Waals surface area contributed by atoms with Gasteiger partial charge in [0.25, 0.3) is 0 Å². The maximum atomic E-state index is 13.5. The van der Waals surface area contributed by atoms with Crippen LogP contribution in [0.25, 0.3) is 11.0 Å². The summed E-state index contributed by atoms with van der Waals surface area (Å²) < 4.78 is 0. The molecule has 1 aromatic carbocycles. The van der Waals surface area contributed by atoms with Crippen LogP contribution >= 0.6 is 0 Å². The molecule has 4 aliphatic rings. The number of aromatic nitrogens is 3. The number of hydrogen-bond acceptors (Lipinski definition) is 3. The summed E-state index contributed by atoms with van der Waals surface area (Å²) in [7, 11) is 0. The second kappa shape index (κ2) is 7.40. The molecule has 0 N–H and O–H groups in total. The number of benzene rings is 1. The van der Waals surface area contributed by atoms with E-state index in [9.17, 15) is 4.79 Å². The van der Waals surface area contributed by atoms with Crippen LogP contribution in [0.1, 0.15) is 78.6 Å². The zero-order valence-electron chi connectivity index (χ0n) is 20.1. The van der Waals surface area contributed by atoms with Crippen molar-refractivity contribution in [2.75, 3.05) is 0 Å². The highest BCUT2D eigenvalue weighted by atomic mass is 16.1. The Balaban J connectivity index is 1.21. The highest BCUT2D eigenvalue weighted by molar-refractivity contribution is 5.82. The van der Waals surface area contributed by atoms with Crippen molar-refractivity contribution in [1.29, 1.82) is 0 Å². The van der Waals surface area contributed by atoms with Crippen LogP contribution < -0.4 is 0 Å². The minimum absolute atomic E-state index is 0.177. The molecule has 2 aromatic rings. The van der Waals surface area contributed by atoms with E-state index in [1.54, 1.807) is 4.80 Å². The number of carbonyl (C=O) groups is 1. The van der Waals surface area contributed by atoms with Gasteiger partial charge in [0.05, 0.1) is 0 Å². The summed E-state index contributed by atoms with van der Waals surface area (Å²) in [5.41, 5.74) is 2.49. The van der Waals surface area contributed by atoms with Crippen LogP contribution in [0.2, 0.25) is 0 Å². The monoisotopic (exact) mass is 433 g/mol. The molecule has 1 heterocycles. The number of Topliss-reactive ketones (excluding diaryl/α,β-unsaturated/α-hetero) is 1. The molecular weight excluding hydrogens is 394 g/mol. The highest BCUT2D eigenvalue weighted by Crippen LogP contribution is 2.67. The van der Waals surface area contributed by atoms with Crippen LogP contribution in [0.4, 0.5) is 0 Å². The minimum atomic E-state index is 0.177. The molecule has 4 fully saturated rings. The third-order valence-corrected chi connectivity index (χ3v) is 10.9. The number of hydrogen-bond donors (Lipinski definition) is 0. The van der Waals surface area contributed by atoms with Gasteiger partial charge in [-0.15, -0.1) is 0 Å². The molecule has 8 atom stereocenters. The Hall–Kier alpha value is -1.71. The molecule has 7 unspecified atom stereocenters. The summed E-state index contributed by atoms with van der Waals surface area (Å²) in [4.78, 5) is 15.2. The van der Waals surface area contributed by atoms with Crippen LogP contribution in [-0.2, 0) is 11.3 Å². The molecule has 0 saturated heterocycles.